The van der Waals surface area contributed by atoms with Crippen LogP contribution in [-0.4, -0.2) is 45.0 Å². The monoisotopic (exact) mass is 304 g/mol. The number of thiophene rings is 1. The summed E-state index contributed by atoms with van der Waals surface area (Å²) in [7, 11) is -0.372. The van der Waals surface area contributed by atoms with Crippen LogP contribution in [0, 0.1) is 0 Å². The molecule has 0 radical (unpaired) electrons. The number of amides is 1. The maximum Gasteiger partial charge on any atom is 0.221 e. The molecule has 1 aromatic heterocycles. The Morgan fingerprint density at radius 3 is 2.68 bits per heavy atom. The molecule has 0 fully saturated rings. The van der Waals surface area contributed by atoms with Crippen molar-refractivity contribution < 1.29 is 13.2 Å². The van der Waals surface area contributed by atoms with Gasteiger partial charge in [0.15, 0.2) is 0 Å². The molecule has 0 saturated carbocycles. The first-order chi connectivity index (χ1) is 8.83. The summed E-state index contributed by atoms with van der Waals surface area (Å²) in [6.07, 6.45) is -0.00231. The molecule has 108 valence electrons. The van der Waals surface area contributed by atoms with Crippen LogP contribution in [0.3, 0.4) is 0 Å². The summed E-state index contributed by atoms with van der Waals surface area (Å²) in [5.41, 5.74) is 0. The molecule has 1 amide bonds. The molecule has 1 atom stereocenters. The van der Waals surface area contributed by atoms with Gasteiger partial charge in [-0.1, -0.05) is 13.0 Å². The van der Waals surface area contributed by atoms with E-state index in [2.05, 4.69) is 5.32 Å². The van der Waals surface area contributed by atoms with Crippen LogP contribution in [0.4, 0.5) is 0 Å². The average molecular weight is 304 g/mol. The Morgan fingerprint density at radius 1 is 1.47 bits per heavy atom. The lowest BCUT2D eigenvalue weighted by atomic mass is 10.1. The second-order valence-corrected chi connectivity index (χ2v) is 7.85. The molecule has 0 aliphatic heterocycles. The minimum absolute atomic E-state index is 0.00231. The normalized spacial score (nSPS) is 13.5. The molecular formula is C12H20N2O3S2. The Balaban J connectivity index is 2.33. The van der Waals surface area contributed by atoms with Crippen LogP contribution in [0.15, 0.2) is 17.5 Å². The van der Waals surface area contributed by atoms with Gasteiger partial charge in [-0.05, 0) is 11.4 Å². The summed E-state index contributed by atoms with van der Waals surface area (Å²) in [4.78, 5) is 12.8. The predicted octanol–water partition coefficient (Wildman–Crippen LogP) is 1.25. The van der Waals surface area contributed by atoms with Gasteiger partial charge in [0.2, 0.25) is 15.9 Å². The van der Waals surface area contributed by atoms with Gasteiger partial charge in [-0.2, -0.15) is 0 Å². The number of sulfonamides is 1. The molecule has 19 heavy (non-hydrogen) atoms. The largest absolute Gasteiger partial charge is 0.355 e. The lowest BCUT2D eigenvalue weighted by Crippen LogP contribution is -2.31. The number of nitrogens with zero attached hydrogens (tertiary/aromatic N) is 1. The topological polar surface area (TPSA) is 66.5 Å². The van der Waals surface area contributed by atoms with Gasteiger partial charge in [0.25, 0.3) is 0 Å². The molecule has 1 rings (SSSR count). The molecular weight excluding hydrogens is 284 g/mol. The second kappa shape index (κ2) is 7.02. The predicted molar refractivity (Wildman–Crippen MR) is 77.8 cm³/mol. The third kappa shape index (κ3) is 5.30. The van der Waals surface area contributed by atoms with E-state index in [0.29, 0.717) is 6.54 Å². The van der Waals surface area contributed by atoms with Crippen molar-refractivity contribution in [1.29, 1.82) is 0 Å². The van der Waals surface area contributed by atoms with Crippen molar-refractivity contribution >= 4 is 27.3 Å². The van der Waals surface area contributed by atoms with Crippen molar-refractivity contribution in [2.75, 3.05) is 26.4 Å². The molecule has 5 nitrogen and oxygen atoms in total. The zero-order valence-electron chi connectivity index (χ0n) is 11.4. The molecule has 0 aliphatic rings. The summed E-state index contributed by atoms with van der Waals surface area (Å²) in [6.45, 7) is 2.56. The van der Waals surface area contributed by atoms with E-state index in [-0.39, 0.29) is 24.0 Å². The molecule has 0 saturated heterocycles. The summed E-state index contributed by atoms with van der Waals surface area (Å²) in [5.74, 6) is -0.137. The Hall–Kier alpha value is -0.920. The van der Waals surface area contributed by atoms with Crippen molar-refractivity contribution in [2.24, 2.45) is 0 Å². The van der Waals surface area contributed by atoms with E-state index >= 15 is 0 Å². The summed E-state index contributed by atoms with van der Waals surface area (Å²) < 4.78 is 24.1. The van der Waals surface area contributed by atoms with Gasteiger partial charge in [-0.15, -0.1) is 11.3 Å². The Labute approximate surface area is 118 Å². The molecule has 0 bridgehead atoms. The Morgan fingerprint density at radius 2 is 2.16 bits per heavy atom. The fourth-order valence-corrected chi connectivity index (χ4v) is 3.03. The fourth-order valence-electron chi connectivity index (χ4n) is 1.43. The van der Waals surface area contributed by atoms with Gasteiger partial charge >= 0.3 is 0 Å². The third-order valence-corrected chi connectivity index (χ3v) is 5.71. The van der Waals surface area contributed by atoms with E-state index in [1.807, 2.05) is 24.4 Å². The van der Waals surface area contributed by atoms with E-state index < -0.39 is 10.0 Å². The van der Waals surface area contributed by atoms with Gasteiger partial charge < -0.3 is 5.32 Å². The number of nitrogens with one attached hydrogen (secondary N) is 1. The maximum atomic E-state index is 11.6. The summed E-state index contributed by atoms with van der Waals surface area (Å²) in [6, 6.07) is 4.00. The van der Waals surface area contributed by atoms with Gasteiger partial charge in [0.1, 0.15) is 0 Å². The fraction of sp³-hybridized carbons (Fsp3) is 0.583. The standard InChI is InChI=1S/C12H20N2O3S2/c1-10(11-5-4-7-18-11)9-13-12(15)6-8-19(16,17)14(2)3/h4-5,7,10H,6,8-9H2,1-3H3,(H,13,15). The van der Waals surface area contributed by atoms with Crippen molar-refractivity contribution in [3.63, 3.8) is 0 Å². The Kier molecular flexibility index (Phi) is 5.96. The highest BCUT2D eigenvalue weighted by atomic mass is 32.2. The molecule has 1 unspecified atom stereocenters. The summed E-state index contributed by atoms with van der Waals surface area (Å²) in [5, 5.41) is 4.76. The van der Waals surface area contributed by atoms with E-state index in [1.54, 1.807) is 11.3 Å². The second-order valence-electron chi connectivity index (χ2n) is 4.57. The van der Waals surface area contributed by atoms with Gasteiger partial charge in [0, 0.05) is 37.9 Å². The first-order valence-corrected chi connectivity index (χ1v) is 8.52. The van der Waals surface area contributed by atoms with Crippen LogP contribution in [0.5, 0.6) is 0 Å². The van der Waals surface area contributed by atoms with Crippen LogP contribution in [-0.2, 0) is 14.8 Å². The molecule has 1 N–H and O–H groups in total. The lowest BCUT2D eigenvalue weighted by molar-refractivity contribution is -0.120. The zero-order valence-corrected chi connectivity index (χ0v) is 13.1. The highest BCUT2D eigenvalue weighted by Gasteiger charge is 2.16. The quantitative estimate of drug-likeness (QED) is 0.824. The van der Waals surface area contributed by atoms with Crippen LogP contribution in [0.25, 0.3) is 0 Å². The minimum Gasteiger partial charge on any atom is -0.355 e. The molecule has 1 aromatic rings. The van der Waals surface area contributed by atoms with Gasteiger partial charge in [0.05, 0.1) is 5.75 Å². The van der Waals surface area contributed by atoms with Crippen molar-refractivity contribution in [3.05, 3.63) is 22.4 Å². The van der Waals surface area contributed by atoms with Crippen molar-refractivity contribution in [1.82, 2.24) is 9.62 Å². The van der Waals surface area contributed by atoms with Gasteiger partial charge in [-0.3, -0.25) is 4.79 Å². The van der Waals surface area contributed by atoms with E-state index in [1.165, 1.54) is 19.0 Å². The van der Waals surface area contributed by atoms with Crippen molar-refractivity contribution in [2.45, 2.75) is 19.3 Å². The van der Waals surface area contributed by atoms with Crippen LogP contribution < -0.4 is 5.32 Å². The number of rotatable bonds is 7. The Bertz CT molecular complexity index is 495. The lowest BCUT2D eigenvalue weighted by Gasteiger charge is -2.13. The third-order valence-electron chi connectivity index (χ3n) is 2.78. The first kappa shape index (κ1) is 16.1. The van der Waals surface area contributed by atoms with Crippen molar-refractivity contribution in [3.8, 4) is 0 Å². The smallest absolute Gasteiger partial charge is 0.221 e. The van der Waals surface area contributed by atoms with Crippen LogP contribution >= 0.6 is 11.3 Å². The molecule has 7 heteroatoms. The van der Waals surface area contributed by atoms with Crippen LogP contribution in [0.1, 0.15) is 24.1 Å². The molecule has 0 aromatic carbocycles. The highest BCUT2D eigenvalue weighted by molar-refractivity contribution is 7.89. The number of hydrogen-bond acceptors (Lipinski definition) is 4. The SMILES string of the molecule is CC(CNC(=O)CCS(=O)(=O)N(C)C)c1cccs1. The van der Waals surface area contributed by atoms with E-state index in [0.717, 1.165) is 4.31 Å². The molecule has 1 heterocycles. The number of carbonyl (C=O) groups is 1. The average Bonchev–Trinajstić information content (AvgIpc) is 2.87. The minimum atomic E-state index is -3.30. The molecule has 0 aliphatic carbocycles. The highest BCUT2D eigenvalue weighted by Crippen LogP contribution is 2.19. The number of hydrogen-bond donors (Lipinski definition) is 1. The summed E-state index contributed by atoms with van der Waals surface area (Å²) >= 11 is 1.65. The van der Waals surface area contributed by atoms with Gasteiger partial charge in [-0.25, -0.2) is 12.7 Å². The van der Waals surface area contributed by atoms with E-state index in [9.17, 15) is 13.2 Å². The molecule has 0 spiro atoms. The maximum absolute atomic E-state index is 11.6. The van der Waals surface area contributed by atoms with Crippen LogP contribution in [0.2, 0.25) is 0 Å². The zero-order chi connectivity index (χ0) is 14.5. The van der Waals surface area contributed by atoms with E-state index in [4.69, 9.17) is 0 Å². The number of carbonyl (C=O) groups excluding carboxylic acids is 1. The first-order valence-electron chi connectivity index (χ1n) is 6.03.